The largest absolute Gasteiger partial charge is 0.363 e. The molecule has 1 atom stereocenters. The molecule has 0 aliphatic carbocycles. The molecule has 0 saturated carbocycles. The van der Waals surface area contributed by atoms with Crippen molar-refractivity contribution in [3.63, 3.8) is 0 Å². The van der Waals surface area contributed by atoms with Gasteiger partial charge in [0.05, 0.1) is 23.3 Å². The fraction of sp³-hybridized carbons (Fsp3) is 0.583. The average Bonchev–Trinajstić information content (AvgIpc) is 3.11. The van der Waals surface area contributed by atoms with Crippen LogP contribution in [0.5, 0.6) is 0 Å². The molecule has 0 radical (unpaired) electrons. The van der Waals surface area contributed by atoms with Gasteiger partial charge in [0.2, 0.25) is 0 Å². The fourth-order valence-electron chi connectivity index (χ4n) is 4.77. The van der Waals surface area contributed by atoms with Crippen molar-refractivity contribution in [2.45, 2.75) is 78.8 Å². The lowest BCUT2D eigenvalue weighted by molar-refractivity contribution is 0.0824. The molecule has 28 heavy (non-hydrogen) atoms. The highest BCUT2D eigenvalue weighted by Gasteiger charge is 2.38. The molecule has 3 rings (SSSR count). The number of nitrogens with zero attached hydrogens (tertiary/aromatic N) is 2. The first kappa shape index (κ1) is 20.6. The van der Waals surface area contributed by atoms with Gasteiger partial charge in [0.25, 0.3) is 0 Å². The summed E-state index contributed by atoms with van der Waals surface area (Å²) in [6, 6.07) is 10.7. The SMILES string of the molecule is CCC(CC)(CC(=O)c1cnn2c1NC(c1ccccc1)CC2(C)C)C(C)C. The third kappa shape index (κ3) is 3.61. The minimum atomic E-state index is -0.149. The molecule has 0 fully saturated rings. The zero-order valence-corrected chi connectivity index (χ0v) is 18.2. The third-order valence-corrected chi connectivity index (χ3v) is 7.01. The van der Waals surface area contributed by atoms with Crippen molar-refractivity contribution in [1.82, 2.24) is 9.78 Å². The van der Waals surface area contributed by atoms with Crippen LogP contribution in [0.2, 0.25) is 0 Å². The lowest BCUT2D eigenvalue weighted by Gasteiger charge is -2.39. The van der Waals surface area contributed by atoms with Gasteiger partial charge in [-0.25, -0.2) is 4.68 Å². The van der Waals surface area contributed by atoms with Crippen LogP contribution >= 0.6 is 0 Å². The summed E-state index contributed by atoms with van der Waals surface area (Å²) >= 11 is 0. The quantitative estimate of drug-likeness (QED) is 0.580. The van der Waals surface area contributed by atoms with Crippen molar-refractivity contribution in [2.75, 3.05) is 5.32 Å². The summed E-state index contributed by atoms with van der Waals surface area (Å²) in [5.74, 6) is 1.55. The van der Waals surface area contributed by atoms with Crippen LogP contribution < -0.4 is 5.32 Å². The molecule has 2 aromatic rings. The van der Waals surface area contributed by atoms with E-state index in [-0.39, 0.29) is 22.8 Å². The molecule has 0 amide bonds. The Bertz CT molecular complexity index is 816. The molecule has 0 saturated heterocycles. The minimum absolute atomic E-state index is 0.0505. The Hall–Kier alpha value is -2.10. The second-order valence-electron chi connectivity index (χ2n) is 9.27. The molecule has 1 aromatic carbocycles. The molecule has 1 N–H and O–H groups in total. The molecule has 4 nitrogen and oxygen atoms in total. The van der Waals surface area contributed by atoms with Gasteiger partial charge in [0.15, 0.2) is 5.78 Å². The van der Waals surface area contributed by atoms with E-state index in [0.29, 0.717) is 12.3 Å². The highest BCUT2D eigenvalue weighted by molar-refractivity contribution is 6.01. The minimum Gasteiger partial charge on any atom is -0.363 e. The highest BCUT2D eigenvalue weighted by Crippen LogP contribution is 2.43. The molecular formula is C24H35N3O. The summed E-state index contributed by atoms with van der Waals surface area (Å²) in [5.41, 5.74) is 1.89. The number of carbonyl (C=O) groups is 1. The maximum Gasteiger partial charge on any atom is 0.168 e. The second kappa shape index (κ2) is 7.73. The van der Waals surface area contributed by atoms with E-state index in [1.807, 2.05) is 10.7 Å². The zero-order valence-electron chi connectivity index (χ0n) is 18.2. The Morgan fingerprint density at radius 3 is 2.46 bits per heavy atom. The van der Waals surface area contributed by atoms with Crippen molar-refractivity contribution in [3.05, 3.63) is 47.7 Å². The van der Waals surface area contributed by atoms with Crippen molar-refractivity contribution < 1.29 is 4.79 Å². The van der Waals surface area contributed by atoms with E-state index < -0.39 is 0 Å². The Kier molecular flexibility index (Phi) is 5.69. The molecule has 1 unspecified atom stereocenters. The molecule has 0 spiro atoms. The van der Waals surface area contributed by atoms with Crippen molar-refractivity contribution in [3.8, 4) is 0 Å². The predicted molar refractivity (Wildman–Crippen MR) is 116 cm³/mol. The predicted octanol–water partition coefficient (Wildman–Crippen LogP) is 6.21. The van der Waals surface area contributed by atoms with Gasteiger partial charge in [-0.05, 0) is 50.0 Å². The van der Waals surface area contributed by atoms with Gasteiger partial charge < -0.3 is 5.32 Å². The van der Waals surface area contributed by atoms with Crippen molar-refractivity contribution >= 4 is 11.6 Å². The van der Waals surface area contributed by atoms with Crippen LogP contribution in [0.15, 0.2) is 36.5 Å². The van der Waals surface area contributed by atoms with Crippen LogP contribution in [0.25, 0.3) is 0 Å². The Labute approximate surface area is 169 Å². The summed E-state index contributed by atoms with van der Waals surface area (Å²) in [5, 5.41) is 8.25. The lowest BCUT2D eigenvalue weighted by Crippen LogP contribution is -2.38. The van der Waals surface area contributed by atoms with E-state index in [4.69, 9.17) is 0 Å². The van der Waals surface area contributed by atoms with Gasteiger partial charge >= 0.3 is 0 Å². The number of aromatic nitrogens is 2. The lowest BCUT2D eigenvalue weighted by atomic mass is 9.69. The first-order chi connectivity index (χ1) is 13.2. The highest BCUT2D eigenvalue weighted by atomic mass is 16.1. The number of hydrogen-bond donors (Lipinski definition) is 1. The third-order valence-electron chi connectivity index (χ3n) is 7.01. The summed E-state index contributed by atoms with van der Waals surface area (Å²) < 4.78 is 2.01. The van der Waals surface area contributed by atoms with E-state index in [9.17, 15) is 4.79 Å². The fourth-order valence-corrected chi connectivity index (χ4v) is 4.77. The molecular weight excluding hydrogens is 346 g/mol. The summed E-state index contributed by atoms with van der Waals surface area (Å²) in [4.78, 5) is 13.4. The van der Waals surface area contributed by atoms with Gasteiger partial charge in [0.1, 0.15) is 5.82 Å². The van der Waals surface area contributed by atoms with Gasteiger partial charge in [0, 0.05) is 6.42 Å². The zero-order chi connectivity index (χ0) is 20.5. The number of benzene rings is 1. The number of nitrogens with one attached hydrogen (secondary N) is 1. The maximum absolute atomic E-state index is 13.4. The smallest absolute Gasteiger partial charge is 0.168 e. The number of fused-ring (bicyclic) bond motifs is 1. The van der Waals surface area contributed by atoms with Crippen LogP contribution in [0.4, 0.5) is 5.82 Å². The van der Waals surface area contributed by atoms with E-state index in [1.165, 1.54) is 5.56 Å². The van der Waals surface area contributed by atoms with Crippen LogP contribution in [0, 0.1) is 11.3 Å². The number of Topliss-reactive ketones (excluding diaryl/α,β-unsaturated/α-hetero) is 1. The van der Waals surface area contributed by atoms with Crippen LogP contribution in [-0.4, -0.2) is 15.6 Å². The molecule has 1 aromatic heterocycles. The molecule has 4 heteroatoms. The summed E-state index contributed by atoms with van der Waals surface area (Å²) in [6.07, 6.45) is 5.31. The number of hydrogen-bond acceptors (Lipinski definition) is 3. The monoisotopic (exact) mass is 381 g/mol. The van der Waals surface area contributed by atoms with E-state index in [0.717, 1.165) is 30.6 Å². The average molecular weight is 382 g/mol. The summed E-state index contributed by atoms with van der Waals surface area (Å²) in [7, 11) is 0. The van der Waals surface area contributed by atoms with Crippen LogP contribution in [0.1, 0.15) is 89.2 Å². The Morgan fingerprint density at radius 1 is 1.25 bits per heavy atom. The number of anilines is 1. The van der Waals surface area contributed by atoms with Crippen molar-refractivity contribution in [1.29, 1.82) is 0 Å². The normalized spacial score (nSPS) is 18.6. The van der Waals surface area contributed by atoms with E-state index in [2.05, 4.69) is 76.2 Å². The Balaban J connectivity index is 1.94. The van der Waals surface area contributed by atoms with Gasteiger partial charge in [-0.2, -0.15) is 5.10 Å². The summed E-state index contributed by atoms with van der Waals surface area (Å²) in [6.45, 7) is 13.3. The number of ketones is 1. The Morgan fingerprint density at radius 2 is 1.89 bits per heavy atom. The van der Waals surface area contributed by atoms with Crippen molar-refractivity contribution in [2.24, 2.45) is 11.3 Å². The number of rotatable bonds is 7. The molecule has 2 heterocycles. The topological polar surface area (TPSA) is 46.9 Å². The van der Waals surface area contributed by atoms with E-state index in [1.54, 1.807) is 6.20 Å². The first-order valence-electron chi connectivity index (χ1n) is 10.7. The van der Waals surface area contributed by atoms with Gasteiger partial charge in [-0.1, -0.05) is 58.0 Å². The molecule has 1 aliphatic rings. The molecule has 152 valence electrons. The van der Waals surface area contributed by atoms with Crippen LogP contribution in [-0.2, 0) is 5.54 Å². The molecule has 1 aliphatic heterocycles. The van der Waals surface area contributed by atoms with Gasteiger partial charge in [-0.3, -0.25) is 4.79 Å². The van der Waals surface area contributed by atoms with Gasteiger partial charge in [-0.15, -0.1) is 0 Å². The standard InChI is InChI=1S/C24H35N3O/c1-7-24(8-2,17(3)4)15-21(28)19-16-25-27-22(19)26-20(14-23(27,5)6)18-12-10-9-11-13-18/h9-13,16-17,20,26H,7-8,14-15H2,1-6H3. The molecule has 0 bridgehead atoms. The van der Waals surface area contributed by atoms with Crippen LogP contribution in [0.3, 0.4) is 0 Å². The maximum atomic E-state index is 13.4. The van der Waals surface area contributed by atoms with E-state index >= 15 is 0 Å². The number of carbonyl (C=O) groups excluding carboxylic acids is 1. The first-order valence-corrected chi connectivity index (χ1v) is 10.7. The second-order valence-corrected chi connectivity index (χ2v) is 9.27.